The van der Waals surface area contributed by atoms with Gasteiger partial charge in [0.1, 0.15) is 0 Å². The molecular formula is C18H15F5N2O2. The Balaban J connectivity index is 2.24. The smallest absolute Gasteiger partial charge is 0.253 e. The first-order chi connectivity index (χ1) is 12.8. The molecule has 2 amide bonds. The molecule has 0 saturated carbocycles. The number of benzene rings is 2. The van der Waals surface area contributed by atoms with E-state index in [9.17, 15) is 31.5 Å². The van der Waals surface area contributed by atoms with Crippen molar-refractivity contribution in [1.29, 1.82) is 0 Å². The van der Waals surface area contributed by atoms with Gasteiger partial charge in [0.25, 0.3) is 5.91 Å². The van der Waals surface area contributed by atoms with Crippen LogP contribution in [0.25, 0.3) is 0 Å². The van der Waals surface area contributed by atoms with Crippen LogP contribution >= 0.6 is 0 Å². The van der Waals surface area contributed by atoms with Crippen LogP contribution in [0.3, 0.4) is 0 Å². The zero-order valence-corrected chi connectivity index (χ0v) is 14.1. The molecule has 2 rings (SSSR count). The summed E-state index contributed by atoms with van der Waals surface area (Å²) in [6.07, 6.45) is -0.419. The molecule has 2 aromatic rings. The van der Waals surface area contributed by atoms with E-state index in [0.29, 0.717) is 13.0 Å². The fourth-order valence-corrected chi connectivity index (χ4v) is 2.28. The van der Waals surface area contributed by atoms with Gasteiger partial charge in [0.15, 0.2) is 23.3 Å². The summed E-state index contributed by atoms with van der Waals surface area (Å²) < 4.78 is 66.9. The minimum atomic E-state index is -2.30. The van der Waals surface area contributed by atoms with Crippen LogP contribution in [0.1, 0.15) is 29.3 Å². The van der Waals surface area contributed by atoms with Crippen molar-refractivity contribution in [3.05, 3.63) is 64.5 Å². The number of nitrogens with one attached hydrogen (secondary N) is 2. The minimum absolute atomic E-state index is 0.0416. The van der Waals surface area contributed by atoms with Crippen LogP contribution in [0.15, 0.2) is 24.3 Å². The van der Waals surface area contributed by atoms with Crippen molar-refractivity contribution in [3.63, 3.8) is 0 Å². The van der Waals surface area contributed by atoms with E-state index in [1.807, 2.05) is 6.92 Å². The SMILES string of the molecule is CCCNC(=O)c1ccccc1NC(=O)Cc1c(F)c(F)c(F)c(F)c1F. The minimum Gasteiger partial charge on any atom is -0.352 e. The van der Waals surface area contributed by atoms with Crippen LogP contribution < -0.4 is 10.6 Å². The van der Waals surface area contributed by atoms with Crippen LogP contribution in [0.4, 0.5) is 27.6 Å². The van der Waals surface area contributed by atoms with Gasteiger partial charge >= 0.3 is 0 Å². The number of hydrogen-bond acceptors (Lipinski definition) is 2. The molecule has 0 radical (unpaired) electrons. The van der Waals surface area contributed by atoms with Gasteiger partial charge in [0.05, 0.1) is 17.7 Å². The largest absolute Gasteiger partial charge is 0.352 e. The zero-order valence-electron chi connectivity index (χ0n) is 14.1. The van der Waals surface area contributed by atoms with Gasteiger partial charge in [-0.15, -0.1) is 0 Å². The fourth-order valence-electron chi connectivity index (χ4n) is 2.28. The number of anilines is 1. The van der Waals surface area contributed by atoms with Gasteiger partial charge in [-0.05, 0) is 18.6 Å². The Morgan fingerprint density at radius 3 is 2.04 bits per heavy atom. The van der Waals surface area contributed by atoms with Gasteiger partial charge in [-0.25, -0.2) is 22.0 Å². The Labute approximate surface area is 151 Å². The molecule has 0 atom stereocenters. The summed E-state index contributed by atoms with van der Waals surface area (Å²) in [6.45, 7) is 2.24. The van der Waals surface area contributed by atoms with Gasteiger partial charge in [-0.3, -0.25) is 9.59 Å². The van der Waals surface area contributed by atoms with Crippen molar-refractivity contribution in [2.24, 2.45) is 0 Å². The summed E-state index contributed by atoms with van der Waals surface area (Å²) in [5, 5.41) is 4.85. The predicted octanol–water partition coefficient (Wildman–Crippen LogP) is 3.70. The van der Waals surface area contributed by atoms with Crippen LogP contribution in [0.5, 0.6) is 0 Å². The average molecular weight is 386 g/mol. The Morgan fingerprint density at radius 2 is 1.44 bits per heavy atom. The van der Waals surface area contributed by atoms with E-state index in [1.54, 1.807) is 6.07 Å². The lowest BCUT2D eigenvalue weighted by atomic mass is 10.1. The molecule has 0 saturated heterocycles. The van der Waals surface area contributed by atoms with E-state index < -0.39 is 52.9 Å². The number of rotatable bonds is 6. The first-order valence-electron chi connectivity index (χ1n) is 7.95. The molecule has 0 spiro atoms. The summed E-state index contributed by atoms with van der Waals surface area (Å²) in [6, 6.07) is 5.83. The standard InChI is InChI=1S/C18H15F5N2O2/c1-2-7-24-18(27)9-5-3-4-6-11(9)25-12(26)8-10-13(19)15(21)17(23)16(22)14(10)20/h3-6H,2,7-8H2,1H3,(H,24,27)(H,25,26). The molecule has 0 aromatic heterocycles. The average Bonchev–Trinajstić information content (AvgIpc) is 2.66. The van der Waals surface area contributed by atoms with E-state index in [2.05, 4.69) is 10.6 Å². The second kappa shape index (κ2) is 8.61. The second-order valence-corrected chi connectivity index (χ2v) is 5.57. The van der Waals surface area contributed by atoms with Crippen LogP contribution in [0.2, 0.25) is 0 Å². The molecule has 0 fully saturated rings. The first kappa shape index (κ1) is 20.3. The summed E-state index contributed by atoms with van der Waals surface area (Å²) >= 11 is 0. The van der Waals surface area contributed by atoms with Crippen molar-refractivity contribution in [2.75, 3.05) is 11.9 Å². The number of carbonyl (C=O) groups excluding carboxylic acids is 2. The summed E-state index contributed by atoms with van der Waals surface area (Å²) in [5.74, 6) is -12.2. The maximum atomic E-state index is 13.7. The third-order valence-electron chi connectivity index (χ3n) is 3.62. The quantitative estimate of drug-likeness (QED) is 0.452. The van der Waals surface area contributed by atoms with Crippen LogP contribution in [-0.2, 0) is 11.2 Å². The first-order valence-corrected chi connectivity index (χ1v) is 7.95. The molecule has 2 aromatic carbocycles. The van der Waals surface area contributed by atoms with Gasteiger partial charge in [-0.2, -0.15) is 0 Å². The number of hydrogen-bond donors (Lipinski definition) is 2. The highest BCUT2D eigenvalue weighted by Gasteiger charge is 2.27. The molecule has 2 N–H and O–H groups in total. The van der Waals surface area contributed by atoms with Gasteiger partial charge in [0.2, 0.25) is 11.7 Å². The van der Waals surface area contributed by atoms with Crippen LogP contribution in [-0.4, -0.2) is 18.4 Å². The maximum Gasteiger partial charge on any atom is 0.253 e. The van der Waals surface area contributed by atoms with Gasteiger partial charge in [-0.1, -0.05) is 19.1 Å². The van der Waals surface area contributed by atoms with Gasteiger partial charge in [0, 0.05) is 12.1 Å². The Hall–Kier alpha value is -2.97. The Morgan fingerprint density at radius 1 is 0.889 bits per heavy atom. The van der Waals surface area contributed by atoms with E-state index >= 15 is 0 Å². The van der Waals surface area contributed by atoms with Gasteiger partial charge < -0.3 is 10.6 Å². The maximum absolute atomic E-state index is 13.7. The monoisotopic (exact) mass is 386 g/mol. The lowest BCUT2D eigenvalue weighted by Gasteiger charge is -2.12. The lowest BCUT2D eigenvalue weighted by molar-refractivity contribution is -0.115. The molecule has 4 nitrogen and oxygen atoms in total. The Kier molecular flexibility index (Phi) is 6.49. The number of carbonyl (C=O) groups is 2. The fraction of sp³-hybridized carbons (Fsp3) is 0.222. The Bertz CT molecular complexity index is 857. The molecule has 9 heteroatoms. The summed E-state index contributed by atoms with van der Waals surface area (Å²) in [4.78, 5) is 24.1. The molecule has 0 aliphatic rings. The normalized spacial score (nSPS) is 10.6. The summed E-state index contributed by atoms with van der Waals surface area (Å²) in [5.41, 5.74) is -1.12. The molecule has 0 aliphatic heterocycles. The van der Waals surface area contributed by atoms with Crippen molar-refractivity contribution in [1.82, 2.24) is 5.32 Å². The highest BCUT2D eigenvalue weighted by Crippen LogP contribution is 2.24. The zero-order chi connectivity index (χ0) is 20.1. The van der Waals surface area contributed by atoms with E-state index in [4.69, 9.17) is 0 Å². The van der Waals surface area contributed by atoms with Crippen molar-refractivity contribution in [2.45, 2.75) is 19.8 Å². The van der Waals surface area contributed by atoms with E-state index in [1.165, 1.54) is 18.2 Å². The van der Waals surface area contributed by atoms with Crippen molar-refractivity contribution in [3.8, 4) is 0 Å². The molecule has 0 heterocycles. The second-order valence-electron chi connectivity index (χ2n) is 5.57. The van der Waals surface area contributed by atoms with Crippen molar-refractivity contribution >= 4 is 17.5 Å². The van der Waals surface area contributed by atoms with E-state index in [0.717, 1.165) is 0 Å². The number of amides is 2. The molecule has 0 unspecified atom stereocenters. The molecule has 27 heavy (non-hydrogen) atoms. The highest BCUT2D eigenvalue weighted by molar-refractivity contribution is 6.04. The van der Waals surface area contributed by atoms with Crippen LogP contribution in [0, 0.1) is 29.1 Å². The molecule has 0 aliphatic carbocycles. The van der Waals surface area contributed by atoms with E-state index in [-0.39, 0.29) is 11.3 Å². The molecule has 0 bridgehead atoms. The molecular weight excluding hydrogens is 371 g/mol. The summed E-state index contributed by atoms with van der Waals surface area (Å²) in [7, 11) is 0. The number of para-hydroxylation sites is 1. The lowest BCUT2D eigenvalue weighted by Crippen LogP contribution is -2.26. The molecule has 144 valence electrons. The third kappa shape index (κ3) is 4.42. The number of halogens is 5. The third-order valence-corrected chi connectivity index (χ3v) is 3.62. The highest BCUT2D eigenvalue weighted by atomic mass is 19.2. The topological polar surface area (TPSA) is 58.2 Å². The predicted molar refractivity (Wildman–Crippen MR) is 87.6 cm³/mol. The van der Waals surface area contributed by atoms with Crippen molar-refractivity contribution < 1.29 is 31.5 Å².